The number of H-pyrrole nitrogens is 1. The third kappa shape index (κ3) is 3.36. The second kappa shape index (κ2) is 6.58. The van der Waals surface area contributed by atoms with Gasteiger partial charge in [0.05, 0.1) is 5.69 Å². The van der Waals surface area contributed by atoms with Gasteiger partial charge in [-0.25, -0.2) is 4.98 Å². The van der Waals surface area contributed by atoms with Crippen molar-refractivity contribution >= 4 is 22.4 Å². The van der Waals surface area contributed by atoms with Crippen molar-refractivity contribution in [1.29, 1.82) is 0 Å². The van der Waals surface area contributed by atoms with Crippen LogP contribution in [0.5, 0.6) is 0 Å². The monoisotopic (exact) mass is 319 g/mol. The summed E-state index contributed by atoms with van der Waals surface area (Å²) in [6, 6.07) is 2.07. The van der Waals surface area contributed by atoms with Crippen LogP contribution in [0.3, 0.4) is 0 Å². The summed E-state index contributed by atoms with van der Waals surface area (Å²) in [4.78, 5) is 20.0. The highest BCUT2D eigenvalue weighted by molar-refractivity contribution is 7.14. The van der Waals surface area contributed by atoms with E-state index in [1.165, 1.54) is 29.9 Å². The van der Waals surface area contributed by atoms with Gasteiger partial charge in [0.15, 0.2) is 5.13 Å². The number of hydrogen-bond acceptors (Lipinski definition) is 5. The molecular formula is C15H21N5OS. The second-order valence-corrected chi connectivity index (χ2v) is 6.62. The number of anilines is 1. The normalized spacial score (nSPS) is 19.3. The van der Waals surface area contributed by atoms with Gasteiger partial charge < -0.3 is 0 Å². The molecule has 118 valence electrons. The Morgan fingerprint density at radius 1 is 1.59 bits per heavy atom. The van der Waals surface area contributed by atoms with Crippen molar-refractivity contribution in [3.05, 3.63) is 29.0 Å². The summed E-state index contributed by atoms with van der Waals surface area (Å²) in [5.41, 5.74) is 2.26. The first-order valence-electron chi connectivity index (χ1n) is 7.54. The molecular weight excluding hydrogens is 298 g/mol. The van der Waals surface area contributed by atoms with E-state index in [0.717, 1.165) is 30.5 Å². The van der Waals surface area contributed by atoms with Crippen molar-refractivity contribution in [3.8, 4) is 0 Å². The zero-order valence-corrected chi connectivity index (χ0v) is 13.8. The fraction of sp³-hybridized carbons (Fsp3) is 0.533. The van der Waals surface area contributed by atoms with E-state index >= 15 is 0 Å². The van der Waals surface area contributed by atoms with Crippen LogP contribution >= 0.6 is 11.3 Å². The molecule has 0 spiro atoms. The number of nitrogens with one attached hydrogen (secondary N) is 1. The third-order valence-corrected chi connectivity index (χ3v) is 5.12. The molecule has 0 saturated carbocycles. The summed E-state index contributed by atoms with van der Waals surface area (Å²) in [5.74, 6) is 0.535. The number of carbonyl (C=O) groups is 1. The van der Waals surface area contributed by atoms with Gasteiger partial charge >= 0.3 is 0 Å². The number of aromatic amines is 1. The van der Waals surface area contributed by atoms with Crippen LogP contribution in [0.2, 0.25) is 0 Å². The SMILES string of the molecule is CC(=O)N(C)c1nc(CN2CCC[C@H](c3ccn[nH]3)C2)cs1. The lowest BCUT2D eigenvalue weighted by Crippen LogP contribution is -2.34. The number of likely N-dealkylation sites (tertiary alicyclic amines) is 1. The predicted octanol–water partition coefficient (Wildman–Crippen LogP) is 2.23. The molecule has 6 nitrogen and oxygen atoms in total. The van der Waals surface area contributed by atoms with Crippen LogP contribution in [-0.2, 0) is 11.3 Å². The standard InChI is InChI=1S/C15H21N5OS/c1-11(21)19(2)15-17-13(10-22-15)9-20-7-3-4-12(8-20)14-5-6-16-18-14/h5-6,10,12H,3-4,7-9H2,1-2H3,(H,16,18)/t12-/m0/s1. The van der Waals surface area contributed by atoms with E-state index in [9.17, 15) is 4.79 Å². The molecule has 0 aliphatic carbocycles. The van der Waals surface area contributed by atoms with Crippen LogP contribution in [0.1, 0.15) is 37.1 Å². The molecule has 2 aromatic rings. The number of carbonyl (C=O) groups excluding carboxylic acids is 1. The molecule has 1 aliphatic heterocycles. The van der Waals surface area contributed by atoms with E-state index in [1.807, 2.05) is 6.20 Å². The second-order valence-electron chi connectivity index (χ2n) is 5.79. The smallest absolute Gasteiger partial charge is 0.225 e. The summed E-state index contributed by atoms with van der Waals surface area (Å²) in [6.07, 6.45) is 4.21. The number of nitrogens with zero attached hydrogens (tertiary/aromatic N) is 4. The molecule has 0 bridgehead atoms. The fourth-order valence-electron chi connectivity index (χ4n) is 2.83. The van der Waals surface area contributed by atoms with Gasteiger partial charge in [-0.2, -0.15) is 5.10 Å². The van der Waals surface area contributed by atoms with Crippen LogP contribution in [0.4, 0.5) is 5.13 Å². The first kappa shape index (κ1) is 15.2. The maximum Gasteiger partial charge on any atom is 0.225 e. The fourth-order valence-corrected chi connectivity index (χ4v) is 3.66. The van der Waals surface area contributed by atoms with E-state index < -0.39 is 0 Å². The van der Waals surface area contributed by atoms with E-state index in [-0.39, 0.29) is 5.91 Å². The number of rotatable bonds is 4. The Bertz CT molecular complexity index is 624. The minimum absolute atomic E-state index is 0.0122. The first-order valence-corrected chi connectivity index (χ1v) is 8.42. The van der Waals surface area contributed by atoms with Gasteiger partial charge in [0.25, 0.3) is 0 Å². The average Bonchev–Trinajstić information content (AvgIpc) is 3.18. The molecule has 1 aliphatic rings. The summed E-state index contributed by atoms with van der Waals surface area (Å²) < 4.78 is 0. The Morgan fingerprint density at radius 2 is 2.45 bits per heavy atom. The summed E-state index contributed by atoms with van der Waals surface area (Å²) in [5, 5.41) is 9.96. The molecule has 0 unspecified atom stereocenters. The Labute approximate surface area is 134 Å². The van der Waals surface area contributed by atoms with Crippen molar-refractivity contribution in [1.82, 2.24) is 20.1 Å². The number of aromatic nitrogens is 3. The highest BCUT2D eigenvalue weighted by atomic mass is 32.1. The quantitative estimate of drug-likeness (QED) is 0.938. The average molecular weight is 319 g/mol. The maximum absolute atomic E-state index is 11.4. The first-order chi connectivity index (χ1) is 10.6. The molecule has 1 atom stereocenters. The number of amides is 1. The highest BCUT2D eigenvalue weighted by Gasteiger charge is 2.23. The zero-order chi connectivity index (χ0) is 15.5. The van der Waals surface area contributed by atoms with Crippen molar-refractivity contribution in [2.75, 3.05) is 25.0 Å². The van der Waals surface area contributed by atoms with Gasteiger partial charge in [-0.15, -0.1) is 11.3 Å². The molecule has 1 N–H and O–H groups in total. The molecule has 1 saturated heterocycles. The summed E-state index contributed by atoms with van der Waals surface area (Å²) in [7, 11) is 1.76. The van der Waals surface area contributed by atoms with Crippen molar-refractivity contribution in [2.45, 2.75) is 32.2 Å². The van der Waals surface area contributed by atoms with Crippen molar-refractivity contribution in [2.24, 2.45) is 0 Å². The molecule has 2 aromatic heterocycles. The molecule has 22 heavy (non-hydrogen) atoms. The third-order valence-electron chi connectivity index (χ3n) is 4.15. The Kier molecular flexibility index (Phi) is 4.54. The van der Waals surface area contributed by atoms with Gasteiger partial charge in [0, 0.05) is 50.2 Å². The van der Waals surface area contributed by atoms with Gasteiger partial charge in [-0.05, 0) is 25.5 Å². The van der Waals surface area contributed by atoms with E-state index in [2.05, 4.69) is 31.5 Å². The highest BCUT2D eigenvalue weighted by Crippen LogP contribution is 2.27. The van der Waals surface area contributed by atoms with Gasteiger partial charge in [-0.3, -0.25) is 19.7 Å². The largest absolute Gasteiger partial charge is 0.297 e. The molecule has 3 heterocycles. The molecule has 0 aromatic carbocycles. The maximum atomic E-state index is 11.4. The van der Waals surface area contributed by atoms with E-state index in [4.69, 9.17) is 0 Å². The number of piperidine rings is 1. The molecule has 3 rings (SSSR count). The molecule has 1 amide bonds. The predicted molar refractivity (Wildman–Crippen MR) is 87.0 cm³/mol. The Hall–Kier alpha value is -1.73. The minimum atomic E-state index is 0.0122. The topological polar surface area (TPSA) is 65.1 Å². The lowest BCUT2D eigenvalue weighted by Gasteiger charge is -2.31. The Balaban J connectivity index is 1.62. The molecule has 1 fully saturated rings. The van der Waals surface area contributed by atoms with Crippen LogP contribution in [0.25, 0.3) is 0 Å². The van der Waals surface area contributed by atoms with Crippen LogP contribution in [-0.4, -0.2) is 46.1 Å². The summed E-state index contributed by atoms with van der Waals surface area (Å²) >= 11 is 1.52. The van der Waals surface area contributed by atoms with Gasteiger partial charge in [-0.1, -0.05) is 0 Å². The van der Waals surface area contributed by atoms with Crippen molar-refractivity contribution in [3.63, 3.8) is 0 Å². The lowest BCUT2D eigenvalue weighted by atomic mass is 9.95. The van der Waals surface area contributed by atoms with E-state index in [0.29, 0.717) is 5.92 Å². The molecule has 0 radical (unpaired) electrons. The van der Waals surface area contributed by atoms with Crippen LogP contribution in [0, 0.1) is 0 Å². The zero-order valence-electron chi connectivity index (χ0n) is 13.0. The number of hydrogen-bond donors (Lipinski definition) is 1. The van der Waals surface area contributed by atoms with Crippen LogP contribution < -0.4 is 4.90 Å². The van der Waals surface area contributed by atoms with E-state index in [1.54, 1.807) is 18.9 Å². The Morgan fingerprint density at radius 3 is 3.18 bits per heavy atom. The minimum Gasteiger partial charge on any atom is -0.297 e. The number of thiazole rings is 1. The molecule has 7 heteroatoms. The van der Waals surface area contributed by atoms with Crippen LogP contribution in [0.15, 0.2) is 17.6 Å². The lowest BCUT2D eigenvalue weighted by molar-refractivity contribution is -0.116. The van der Waals surface area contributed by atoms with Crippen molar-refractivity contribution < 1.29 is 4.79 Å². The van der Waals surface area contributed by atoms with Gasteiger partial charge in [0.1, 0.15) is 0 Å². The van der Waals surface area contributed by atoms with Gasteiger partial charge in [0.2, 0.25) is 5.91 Å². The summed E-state index contributed by atoms with van der Waals surface area (Å²) in [6.45, 7) is 4.52.